The second-order valence-electron chi connectivity index (χ2n) is 10.7. The molecule has 1 amide bonds. The largest absolute Gasteiger partial charge is 0.472 e. The maximum atomic E-state index is 12.7. The second kappa shape index (κ2) is 11.0. The van der Waals surface area contributed by atoms with E-state index in [1.165, 1.54) is 12.0 Å². The van der Waals surface area contributed by atoms with Gasteiger partial charge >= 0.3 is 0 Å². The van der Waals surface area contributed by atoms with Crippen LogP contribution in [0, 0.1) is 24.7 Å². The highest BCUT2D eigenvalue weighted by atomic mass is 16.5. The summed E-state index contributed by atoms with van der Waals surface area (Å²) in [6.45, 7) is 15.8. The molecule has 0 spiro atoms. The van der Waals surface area contributed by atoms with Crippen LogP contribution in [0.15, 0.2) is 29.3 Å². The summed E-state index contributed by atoms with van der Waals surface area (Å²) >= 11 is 0. The van der Waals surface area contributed by atoms with Crippen molar-refractivity contribution < 1.29 is 9.53 Å². The number of carbonyl (C=O) groups excluding carboxylic acids is 1. The molecule has 2 fully saturated rings. The highest BCUT2D eigenvalue weighted by Crippen LogP contribution is 2.24. The summed E-state index contributed by atoms with van der Waals surface area (Å²) in [5.74, 6) is 2.68. The standard InChI is InChI=1S/C27H42N4O2/c1-19-15-20(2)17-31(16-19)14-11-28-26(32)23-9-12-30(13-10-23)18-25-22(4)33-27(29-25)24-8-6-5-7-21(24)3/h5-8,19-20,22-23,25H,9-18H2,1-4H3,(H,28,32)/t19-,20+,22?,25?. The van der Waals surface area contributed by atoms with Gasteiger partial charge < -0.3 is 19.9 Å². The molecule has 182 valence electrons. The molecule has 0 aliphatic carbocycles. The van der Waals surface area contributed by atoms with Crippen LogP contribution in [0.3, 0.4) is 0 Å². The van der Waals surface area contributed by atoms with Gasteiger partial charge in [0.05, 0.1) is 0 Å². The zero-order valence-electron chi connectivity index (χ0n) is 20.9. The fourth-order valence-electron chi connectivity index (χ4n) is 5.77. The van der Waals surface area contributed by atoms with Crippen molar-refractivity contribution in [2.45, 2.75) is 59.1 Å². The Morgan fingerprint density at radius 2 is 1.79 bits per heavy atom. The monoisotopic (exact) mass is 454 g/mol. The molecule has 6 heteroatoms. The molecule has 0 bridgehead atoms. The molecule has 0 aromatic heterocycles. The van der Waals surface area contributed by atoms with Crippen LogP contribution in [0.4, 0.5) is 0 Å². The molecule has 4 atom stereocenters. The van der Waals surface area contributed by atoms with Crippen LogP contribution in [0.1, 0.15) is 51.2 Å². The van der Waals surface area contributed by atoms with E-state index in [4.69, 9.17) is 9.73 Å². The number of nitrogens with zero attached hydrogens (tertiary/aromatic N) is 3. The molecule has 3 aliphatic heterocycles. The molecule has 33 heavy (non-hydrogen) atoms. The summed E-state index contributed by atoms with van der Waals surface area (Å²) in [7, 11) is 0. The van der Waals surface area contributed by atoms with Gasteiger partial charge in [-0.15, -0.1) is 0 Å². The predicted octanol–water partition coefficient (Wildman–Crippen LogP) is 3.34. The molecule has 2 unspecified atom stereocenters. The zero-order chi connectivity index (χ0) is 23.4. The number of nitrogens with one attached hydrogen (secondary N) is 1. The van der Waals surface area contributed by atoms with Crippen LogP contribution in [-0.4, -0.2) is 79.6 Å². The lowest BCUT2D eigenvalue weighted by molar-refractivity contribution is -0.126. The molecular weight excluding hydrogens is 412 g/mol. The number of likely N-dealkylation sites (tertiary alicyclic amines) is 2. The second-order valence-corrected chi connectivity index (χ2v) is 10.7. The summed E-state index contributed by atoms with van der Waals surface area (Å²) in [6.07, 6.45) is 3.27. The molecule has 2 saturated heterocycles. The Hall–Kier alpha value is -1.92. The van der Waals surface area contributed by atoms with E-state index in [1.54, 1.807) is 0 Å². The van der Waals surface area contributed by atoms with Gasteiger partial charge in [0.2, 0.25) is 11.8 Å². The molecule has 0 radical (unpaired) electrons. The van der Waals surface area contributed by atoms with Crippen LogP contribution < -0.4 is 5.32 Å². The van der Waals surface area contributed by atoms with Crippen molar-refractivity contribution in [2.24, 2.45) is 22.7 Å². The first-order valence-corrected chi connectivity index (χ1v) is 12.9. The Kier molecular flexibility index (Phi) is 8.07. The number of rotatable bonds is 7. The molecule has 0 saturated carbocycles. The van der Waals surface area contributed by atoms with Crippen molar-refractivity contribution in [2.75, 3.05) is 45.8 Å². The number of amides is 1. The van der Waals surface area contributed by atoms with Gasteiger partial charge in [-0.2, -0.15) is 0 Å². The summed E-state index contributed by atoms with van der Waals surface area (Å²) in [5.41, 5.74) is 2.29. The minimum Gasteiger partial charge on any atom is -0.472 e. The van der Waals surface area contributed by atoms with Gasteiger partial charge in [-0.25, -0.2) is 4.99 Å². The van der Waals surface area contributed by atoms with E-state index in [9.17, 15) is 4.79 Å². The van der Waals surface area contributed by atoms with Gasteiger partial charge in [0.15, 0.2) is 0 Å². The van der Waals surface area contributed by atoms with Gasteiger partial charge in [0.1, 0.15) is 12.1 Å². The normalized spacial score (nSPS) is 29.5. The Balaban J connectivity index is 1.19. The quantitative estimate of drug-likeness (QED) is 0.687. The third-order valence-corrected chi connectivity index (χ3v) is 7.57. The molecular formula is C27H42N4O2. The SMILES string of the molecule is Cc1ccccc1C1=NC(CN2CCC(C(=O)NCCN3C[C@H](C)C[C@H](C)C3)CC2)C(C)O1. The van der Waals surface area contributed by atoms with Crippen LogP contribution in [0.5, 0.6) is 0 Å². The summed E-state index contributed by atoms with van der Waals surface area (Å²) in [6, 6.07) is 8.42. The number of hydrogen-bond acceptors (Lipinski definition) is 5. The van der Waals surface area contributed by atoms with Crippen LogP contribution in [0.2, 0.25) is 0 Å². The summed E-state index contributed by atoms with van der Waals surface area (Å²) in [5, 5.41) is 3.21. The van der Waals surface area contributed by atoms with Gasteiger partial charge in [-0.1, -0.05) is 32.0 Å². The maximum absolute atomic E-state index is 12.7. The predicted molar refractivity (Wildman–Crippen MR) is 134 cm³/mol. The van der Waals surface area contributed by atoms with E-state index >= 15 is 0 Å². The molecule has 4 rings (SSSR count). The lowest BCUT2D eigenvalue weighted by Crippen LogP contribution is -2.46. The lowest BCUT2D eigenvalue weighted by atomic mass is 9.92. The molecule has 3 aliphatic rings. The average molecular weight is 455 g/mol. The Morgan fingerprint density at radius 3 is 2.48 bits per heavy atom. The van der Waals surface area contributed by atoms with Crippen molar-refractivity contribution in [3.63, 3.8) is 0 Å². The van der Waals surface area contributed by atoms with Crippen molar-refractivity contribution in [3.8, 4) is 0 Å². The third-order valence-electron chi connectivity index (χ3n) is 7.57. The number of carbonyl (C=O) groups is 1. The summed E-state index contributed by atoms with van der Waals surface area (Å²) < 4.78 is 6.10. The fraction of sp³-hybridized carbons (Fsp3) is 0.704. The van der Waals surface area contributed by atoms with E-state index in [2.05, 4.69) is 54.9 Å². The number of benzene rings is 1. The molecule has 1 N–H and O–H groups in total. The van der Waals surface area contributed by atoms with Crippen molar-refractivity contribution in [3.05, 3.63) is 35.4 Å². The van der Waals surface area contributed by atoms with E-state index in [0.717, 1.165) is 82.0 Å². The van der Waals surface area contributed by atoms with Crippen LogP contribution >= 0.6 is 0 Å². The lowest BCUT2D eigenvalue weighted by Gasteiger charge is -2.35. The molecule has 1 aromatic rings. The van der Waals surface area contributed by atoms with E-state index in [0.29, 0.717) is 0 Å². The first-order chi connectivity index (χ1) is 15.9. The van der Waals surface area contributed by atoms with Gasteiger partial charge in [0, 0.05) is 44.2 Å². The zero-order valence-corrected chi connectivity index (χ0v) is 20.9. The van der Waals surface area contributed by atoms with Crippen LogP contribution in [0.25, 0.3) is 0 Å². The summed E-state index contributed by atoms with van der Waals surface area (Å²) in [4.78, 5) is 22.6. The number of hydrogen-bond donors (Lipinski definition) is 1. The molecule has 3 heterocycles. The Morgan fingerprint density at radius 1 is 1.09 bits per heavy atom. The van der Waals surface area contributed by atoms with E-state index in [1.807, 2.05) is 12.1 Å². The topological polar surface area (TPSA) is 57.2 Å². The van der Waals surface area contributed by atoms with Gasteiger partial charge in [-0.3, -0.25) is 4.79 Å². The average Bonchev–Trinajstić information content (AvgIpc) is 3.13. The minimum absolute atomic E-state index is 0.0841. The van der Waals surface area contributed by atoms with Crippen molar-refractivity contribution in [1.82, 2.24) is 15.1 Å². The number of ether oxygens (including phenoxy) is 1. The van der Waals surface area contributed by atoms with E-state index in [-0.39, 0.29) is 24.0 Å². The van der Waals surface area contributed by atoms with Gasteiger partial charge in [-0.05, 0) is 69.7 Å². The van der Waals surface area contributed by atoms with Crippen molar-refractivity contribution in [1.29, 1.82) is 0 Å². The molecule has 6 nitrogen and oxygen atoms in total. The maximum Gasteiger partial charge on any atom is 0.223 e. The van der Waals surface area contributed by atoms with Crippen molar-refractivity contribution >= 4 is 11.8 Å². The smallest absolute Gasteiger partial charge is 0.223 e. The minimum atomic E-state index is 0.0841. The highest BCUT2D eigenvalue weighted by molar-refractivity contribution is 5.96. The first kappa shape index (κ1) is 24.2. The highest BCUT2D eigenvalue weighted by Gasteiger charge is 2.32. The number of piperidine rings is 2. The Labute approximate surface area is 199 Å². The van der Waals surface area contributed by atoms with Gasteiger partial charge in [0.25, 0.3) is 0 Å². The first-order valence-electron chi connectivity index (χ1n) is 12.9. The molecule has 1 aromatic carbocycles. The number of aryl methyl sites for hydroxylation is 1. The third kappa shape index (κ3) is 6.36. The fourth-order valence-corrected chi connectivity index (χ4v) is 5.77. The van der Waals surface area contributed by atoms with Crippen LogP contribution in [-0.2, 0) is 9.53 Å². The number of aliphatic imine (C=N–C) groups is 1. The Bertz CT molecular complexity index is 823. The van der Waals surface area contributed by atoms with E-state index < -0.39 is 0 Å².